The number of fused-ring (bicyclic) bond motifs is 1. The first-order valence-corrected chi connectivity index (χ1v) is 14.1. The largest absolute Gasteiger partial charge is 0.454 e. The highest BCUT2D eigenvalue weighted by Crippen LogP contribution is 2.36. The summed E-state index contributed by atoms with van der Waals surface area (Å²) in [6, 6.07) is 10.00. The van der Waals surface area contributed by atoms with Crippen LogP contribution in [-0.4, -0.2) is 56.8 Å². The number of halogens is 1. The third-order valence-electron chi connectivity index (χ3n) is 6.26. The number of sulfonamides is 1. The van der Waals surface area contributed by atoms with E-state index in [4.69, 9.17) is 9.47 Å². The Kier molecular flexibility index (Phi) is 9.36. The summed E-state index contributed by atoms with van der Waals surface area (Å²) in [6.07, 6.45) is 1.96. The van der Waals surface area contributed by atoms with Crippen molar-refractivity contribution in [2.24, 2.45) is 0 Å². The van der Waals surface area contributed by atoms with Gasteiger partial charge in [0.2, 0.25) is 28.6 Å². The zero-order valence-corrected chi connectivity index (χ0v) is 22.4. The van der Waals surface area contributed by atoms with Gasteiger partial charge < -0.3 is 19.7 Å². The van der Waals surface area contributed by atoms with Gasteiger partial charge in [0.1, 0.15) is 11.9 Å². The highest BCUT2D eigenvalue weighted by atomic mass is 32.2. The lowest BCUT2D eigenvalue weighted by atomic mass is 10.1. The van der Waals surface area contributed by atoms with E-state index in [2.05, 4.69) is 5.32 Å². The van der Waals surface area contributed by atoms with Gasteiger partial charge in [0.25, 0.3) is 0 Å². The molecule has 0 unspecified atom stereocenters. The number of carbonyl (C=O) groups is 2. The molecule has 2 aromatic rings. The summed E-state index contributed by atoms with van der Waals surface area (Å²) in [5.74, 6) is -0.215. The number of ether oxygens (including phenoxy) is 2. The van der Waals surface area contributed by atoms with Crippen LogP contribution in [0.1, 0.15) is 45.6 Å². The number of rotatable bonds is 12. The van der Waals surface area contributed by atoms with Crippen LogP contribution in [0.25, 0.3) is 0 Å². The van der Waals surface area contributed by atoms with E-state index in [1.165, 1.54) is 15.3 Å². The van der Waals surface area contributed by atoms with Gasteiger partial charge in [-0.3, -0.25) is 13.9 Å². The van der Waals surface area contributed by atoms with Crippen molar-refractivity contribution < 1.29 is 31.9 Å². The first kappa shape index (κ1) is 28.2. The first-order chi connectivity index (χ1) is 17.5. The highest BCUT2D eigenvalue weighted by molar-refractivity contribution is 7.92. The molecule has 2 amide bonds. The Balaban J connectivity index is 1.74. The standard InChI is InChI=1S/C26H34FN3O6S/c1-5-18(2)28-26(32)19(3)29(16-20-9-6-7-10-22(20)27)25(31)11-8-14-30(37(4,33)34)21-12-13-23-24(15-21)36-17-35-23/h6-7,9-10,12-13,15,18-19H,5,8,11,14,16-17H2,1-4H3,(H,28,32)/t18-,19+/m0/s1. The minimum absolute atomic E-state index is 0.0329. The molecule has 11 heteroatoms. The number of amides is 2. The average molecular weight is 536 g/mol. The van der Waals surface area contributed by atoms with Gasteiger partial charge in [-0.15, -0.1) is 0 Å². The number of anilines is 1. The Labute approximate surface area is 217 Å². The third-order valence-corrected chi connectivity index (χ3v) is 7.46. The van der Waals surface area contributed by atoms with Crippen LogP contribution < -0.4 is 19.1 Å². The van der Waals surface area contributed by atoms with E-state index in [1.807, 2.05) is 13.8 Å². The second kappa shape index (κ2) is 12.3. The fourth-order valence-electron chi connectivity index (χ4n) is 3.90. The zero-order valence-electron chi connectivity index (χ0n) is 21.6. The minimum atomic E-state index is -3.66. The summed E-state index contributed by atoms with van der Waals surface area (Å²) in [4.78, 5) is 27.5. The number of benzene rings is 2. The monoisotopic (exact) mass is 535 g/mol. The first-order valence-electron chi connectivity index (χ1n) is 12.2. The highest BCUT2D eigenvalue weighted by Gasteiger charge is 2.28. The van der Waals surface area contributed by atoms with Gasteiger partial charge in [-0.2, -0.15) is 0 Å². The maximum absolute atomic E-state index is 14.4. The molecule has 2 aromatic carbocycles. The van der Waals surface area contributed by atoms with Crippen LogP contribution in [-0.2, 0) is 26.2 Å². The van der Waals surface area contributed by atoms with Crippen LogP contribution in [0.2, 0.25) is 0 Å². The van der Waals surface area contributed by atoms with Crippen LogP contribution in [0, 0.1) is 5.82 Å². The molecule has 0 spiro atoms. The molecular formula is C26H34FN3O6S. The topological polar surface area (TPSA) is 105 Å². The van der Waals surface area contributed by atoms with E-state index in [9.17, 15) is 22.4 Å². The van der Waals surface area contributed by atoms with E-state index >= 15 is 0 Å². The molecule has 2 atom stereocenters. The molecule has 0 radical (unpaired) electrons. The average Bonchev–Trinajstić information content (AvgIpc) is 3.32. The second-order valence-electron chi connectivity index (χ2n) is 9.08. The molecule has 0 saturated carbocycles. The smallest absolute Gasteiger partial charge is 0.242 e. The molecule has 0 saturated heterocycles. The van der Waals surface area contributed by atoms with Crippen molar-refractivity contribution in [3.8, 4) is 11.5 Å². The lowest BCUT2D eigenvalue weighted by Gasteiger charge is -2.30. The van der Waals surface area contributed by atoms with Crippen LogP contribution in [0.3, 0.4) is 0 Å². The number of nitrogens with zero attached hydrogens (tertiary/aromatic N) is 2. The van der Waals surface area contributed by atoms with E-state index in [0.29, 0.717) is 17.2 Å². The second-order valence-corrected chi connectivity index (χ2v) is 11.0. The molecule has 1 heterocycles. The molecule has 0 aliphatic carbocycles. The van der Waals surface area contributed by atoms with Crippen molar-refractivity contribution in [3.63, 3.8) is 0 Å². The molecule has 1 aliphatic rings. The van der Waals surface area contributed by atoms with Crippen LogP contribution in [0.5, 0.6) is 11.5 Å². The quantitative estimate of drug-likeness (QED) is 0.447. The number of hydrogen-bond donors (Lipinski definition) is 1. The third kappa shape index (κ3) is 7.34. The lowest BCUT2D eigenvalue weighted by molar-refractivity contribution is -0.141. The van der Waals surface area contributed by atoms with Crippen molar-refractivity contribution in [1.29, 1.82) is 0 Å². The van der Waals surface area contributed by atoms with Crippen molar-refractivity contribution in [2.75, 3.05) is 23.9 Å². The Morgan fingerprint density at radius 1 is 1.11 bits per heavy atom. The van der Waals surface area contributed by atoms with Gasteiger partial charge in [0.05, 0.1) is 11.9 Å². The maximum atomic E-state index is 14.4. The van der Waals surface area contributed by atoms with Crippen LogP contribution in [0.4, 0.5) is 10.1 Å². The van der Waals surface area contributed by atoms with Crippen LogP contribution in [0.15, 0.2) is 42.5 Å². The van der Waals surface area contributed by atoms with Crippen molar-refractivity contribution in [3.05, 3.63) is 53.8 Å². The predicted molar refractivity (Wildman–Crippen MR) is 138 cm³/mol. The Bertz CT molecular complexity index is 1220. The van der Waals surface area contributed by atoms with Gasteiger partial charge >= 0.3 is 0 Å². The lowest BCUT2D eigenvalue weighted by Crippen LogP contribution is -2.49. The fourth-order valence-corrected chi connectivity index (χ4v) is 4.86. The summed E-state index contributed by atoms with van der Waals surface area (Å²) >= 11 is 0. The van der Waals surface area contributed by atoms with Gasteiger partial charge in [0.15, 0.2) is 11.5 Å². The summed E-state index contributed by atoms with van der Waals surface area (Å²) in [7, 11) is -3.66. The van der Waals surface area contributed by atoms with E-state index in [-0.39, 0.29) is 56.1 Å². The van der Waals surface area contributed by atoms with Gasteiger partial charge in [-0.1, -0.05) is 25.1 Å². The molecule has 1 N–H and O–H groups in total. The summed E-state index contributed by atoms with van der Waals surface area (Å²) < 4.78 is 51.2. The van der Waals surface area contributed by atoms with Crippen molar-refractivity contribution in [2.45, 2.75) is 58.7 Å². The van der Waals surface area contributed by atoms with E-state index in [0.717, 1.165) is 12.7 Å². The number of carbonyl (C=O) groups excluding carboxylic acids is 2. The normalized spacial score (nSPS) is 14.1. The molecule has 0 fully saturated rings. The Morgan fingerprint density at radius 2 is 1.81 bits per heavy atom. The summed E-state index contributed by atoms with van der Waals surface area (Å²) in [6.45, 7) is 5.41. The van der Waals surface area contributed by atoms with E-state index in [1.54, 1.807) is 43.3 Å². The summed E-state index contributed by atoms with van der Waals surface area (Å²) in [5, 5.41) is 2.87. The number of hydrogen-bond acceptors (Lipinski definition) is 6. The summed E-state index contributed by atoms with van der Waals surface area (Å²) in [5.41, 5.74) is 0.681. The maximum Gasteiger partial charge on any atom is 0.242 e. The van der Waals surface area contributed by atoms with Gasteiger partial charge in [0, 0.05) is 37.2 Å². The minimum Gasteiger partial charge on any atom is -0.454 e. The molecule has 9 nitrogen and oxygen atoms in total. The van der Waals surface area contributed by atoms with Crippen molar-refractivity contribution in [1.82, 2.24) is 10.2 Å². The Morgan fingerprint density at radius 3 is 2.49 bits per heavy atom. The van der Waals surface area contributed by atoms with Gasteiger partial charge in [-0.05, 0) is 44.9 Å². The SMILES string of the molecule is CC[C@H](C)NC(=O)[C@@H](C)N(Cc1ccccc1F)C(=O)CCCN(c1ccc2c(c1)OCO2)S(C)(=O)=O. The Hall–Kier alpha value is -3.34. The molecular weight excluding hydrogens is 501 g/mol. The van der Waals surface area contributed by atoms with Crippen molar-refractivity contribution >= 4 is 27.5 Å². The molecule has 0 bridgehead atoms. The molecule has 0 aromatic heterocycles. The predicted octanol–water partition coefficient (Wildman–Crippen LogP) is 3.43. The van der Waals surface area contributed by atoms with Gasteiger partial charge in [-0.25, -0.2) is 12.8 Å². The molecule has 1 aliphatic heterocycles. The molecule has 3 rings (SSSR count). The fraction of sp³-hybridized carbons (Fsp3) is 0.462. The zero-order chi connectivity index (χ0) is 27.2. The number of nitrogens with one attached hydrogen (secondary N) is 1. The van der Waals surface area contributed by atoms with Crippen LogP contribution >= 0.6 is 0 Å². The molecule has 202 valence electrons. The molecule has 37 heavy (non-hydrogen) atoms. The van der Waals surface area contributed by atoms with E-state index < -0.39 is 21.9 Å².